The van der Waals surface area contributed by atoms with Gasteiger partial charge in [0.1, 0.15) is 0 Å². The van der Waals surface area contributed by atoms with Gasteiger partial charge in [0.15, 0.2) is 0 Å². The fourth-order valence-corrected chi connectivity index (χ4v) is 2.72. The number of para-hydroxylation sites is 1. The molecule has 0 bridgehead atoms. The Balaban J connectivity index is 2.07. The smallest absolute Gasteiger partial charge is 0.0708 e. The number of aryl methyl sites for hydroxylation is 1. The number of rotatable bonds is 4. The average Bonchev–Trinajstić information content (AvgIpc) is 3.19. The van der Waals surface area contributed by atoms with Gasteiger partial charge in [-0.05, 0) is 44.0 Å². The van der Waals surface area contributed by atoms with Crippen LogP contribution in [-0.4, -0.2) is 12.0 Å². The predicted molar refractivity (Wildman–Crippen MR) is 75.6 cm³/mol. The second-order valence-electron chi connectivity index (χ2n) is 5.39. The summed E-state index contributed by atoms with van der Waals surface area (Å²) < 4.78 is 0. The maximum absolute atomic E-state index is 4.62. The van der Waals surface area contributed by atoms with Gasteiger partial charge in [-0.2, -0.15) is 0 Å². The molecule has 1 aliphatic rings. The summed E-state index contributed by atoms with van der Waals surface area (Å²) in [7, 11) is 2.07. The van der Waals surface area contributed by atoms with E-state index in [1.807, 2.05) is 0 Å². The number of nitrogens with zero attached hydrogens (tertiary/aromatic N) is 1. The van der Waals surface area contributed by atoms with Gasteiger partial charge in [-0.25, -0.2) is 0 Å². The van der Waals surface area contributed by atoms with Crippen molar-refractivity contribution < 1.29 is 0 Å². The maximum Gasteiger partial charge on any atom is 0.0708 e. The molecule has 1 atom stereocenters. The van der Waals surface area contributed by atoms with Crippen LogP contribution in [0.4, 0.5) is 0 Å². The molecular weight excluding hydrogens is 220 g/mol. The minimum absolute atomic E-state index is 0.462. The minimum Gasteiger partial charge on any atom is -0.313 e. The molecule has 2 heteroatoms. The number of hydrogen-bond donors (Lipinski definition) is 1. The number of nitrogens with one attached hydrogen (secondary N) is 1. The lowest BCUT2D eigenvalue weighted by Crippen LogP contribution is -2.17. The molecule has 94 valence electrons. The van der Waals surface area contributed by atoms with Gasteiger partial charge in [-0.1, -0.05) is 31.0 Å². The molecule has 1 unspecified atom stereocenters. The van der Waals surface area contributed by atoms with Crippen LogP contribution in [0.15, 0.2) is 30.3 Å². The van der Waals surface area contributed by atoms with Gasteiger partial charge >= 0.3 is 0 Å². The standard InChI is InChI=1S/C16H20N2/c1-11-9-14(16(17-2)10-12-7-8-12)13-5-3-4-6-15(13)18-11/h3-6,9,12,16-17H,7-8,10H2,1-2H3. The highest BCUT2D eigenvalue weighted by Crippen LogP contribution is 2.38. The summed E-state index contributed by atoms with van der Waals surface area (Å²) in [4.78, 5) is 4.62. The predicted octanol–water partition coefficient (Wildman–Crippen LogP) is 3.60. The topological polar surface area (TPSA) is 24.9 Å². The number of pyridine rings is 1. The molecule has 2 nitrogen and oxygen atoms in total. The second-order valence-corrected chi connectivity index (χ2v) is 5.39. The van der Waals surface area contributed by atoms with Crippen LogP contribution in [0.5, 0.6) is 0 Å². The highest BCUT2D eigenvalue weighted by atomic mass is 14.9. The van der Waals surface area contributed by atoms with Crippen molar-refractivity contribution in [2.24, 2.45) is 5.92 Å². The lowest BCUT2D eigenvalue weighted by atomic mass is 9.97. The molecule has 0 aliphatic heterocycles. The van der Waals surface area contributed by atoms with E-state index >= 15 is 0 Å². The first-order chi connectivity index (χ1) is 8.78. The summed E-state index contributed by atoms with van der Waals surface area (Å²) in [6.45, 7) is 2.08. The first kappa shape index (κ1) is 11.7. The van der Waals surface area contributed by atoms with Crippen molar-refractivity contribution in [1.82, 2.24) is 10.3 Å². The summed E-state index contributed by atoms with van der Waals surface area (Å²) >= 11 is 0. The lowest BCUT2D eigenvalue weighted by molar-refractivity contribution is 0.517. The Morgan fingerprint density at radius 2 is 2.11 bits per heavy atom. The van der Waals surface area contributed by atoms with Crippen LogP contribution in [0.3, 0.4) is 0 Å². The number of aromatic nitrogens is 1. The van der Waals surface area contributed by atoms with Crippen LogP contribution in [0.25, 0.3) is 10.9 Å². The summed E-state index contributed by atoms with van der Waals surface area (Å²) in [5.74, 6) is 0.926. The van der Waals surface area contributed by atoms with E-state index in [0.717, 1.165) is 17.1 Å². The second kappa shape index (κ2) is 4.69. The van der Waals surface area contributed by atoms with Gasteiger partial charge in [-0.3, -0.25) is 4.98 Å². The van der Waals surface area contributed by atoms with Crippen molar-refractivity contribution in [3.05, 3.63) is 41.6 Å². The van der Waals surface area contributed by atoms with Crippen molar-refractivity contribution >= 4 is 10.9 Å². The third-order valence-corrected chi connectivity index (χ3v) is 3.87. The highest BCUT2D eigenvalue weighted by Gasteiger charge is 2.26. The zero-order chi connectivity index (χ0) is 12.5. The van der Waals surface area contributed by atoms with Crippen LogP contribution in [-0.2, 0) is 0 Å². The normalized spacial score (nSPS) is 17.0. The molecule has 1 saturated carbocycles. The summed E-state index contributed by atoms with van der Waals surface area (Å²) in [5.41, 5.74) is 3.63. The molecule has 18 heavy (non-hydrogen) atoms. The molecule has 0 amide bonds. The highest BCUT2D eigenvalue weighted by molar-refractivity contribution is 5.82. The summed E-state index contributed by atoms with van der Waals surface area (Å²) in [6.07, 6.45) is 4.06. The molecule has 3 rings (SSSR count). The molecule has 1 aliphatic carbocycles. The van der Waals surface area contributed by atoms with E-state index < -0.39 is 0 Å². The van der Waals surface area contributed by atoms with Gasteiger partial charge in [0.25, 0.3) is 0 Å². The summed E-state index contributed by atoms with van der Waals surface area (Å²) in [6, 6.07) is 11.2. The van der Waals surface area contributed by atoms with Crippen molar-refractivity contribution in [3.8, 4) is 0 Å². The van der Waals surface area contributed by atoms with Crippen molar-refractivity contribution in [2.45, 2.75) is 32.2 Å². The van der Waals surface area contributed by atoms with E-state index in [4.69, 9.17) is 0 Å². The molecule has 1 N–H and O–H groups in total. The zero-order valence-electron chi connectivity index (χ0n) is 11.1. The van der Waals surface area contributed by atoms with Crippen LogP contribution < -0.4 is 5.32 Å². The zero-order valence-corrected chi connectivity index (χ0v) is 11.1. The van der Waals surface area contributed by atoms with Crippen molar-refractivity contribution in [3.63, 3.8) is 0 Å². The number of hydrogen-bond acceptors (Lipinski definition) is 2. The van der Waals surface area contributed by atoms with E-state index in [0.29, 0.717) is 6.04 Å². The average molecular weight is 240 g/mol. The molecule has 1 aromatic carbocycles. The first-order valence-electron chi connectivity index (χ1n) is 6.81. The summed E-state index contributed by atoms with van der Waals surface area (Å²) in [5, 5.41) is 4.78. The van der Waals surface area contributed by atoms with Gasteiger partial charge < -0.3 is 5.32 Å². The van der Waals surface area contributed by atoms with Crippen LogP contribution >= 0.6 is 0 Å². The molecule has 1 aromatic heterocycles. The Kier molecular flexibility index (Phi) is 3.04. The van der Waals surface area contributed by atoms with Gasteiger partial charge in [0, 0.05) is 17.1 Å². The van der Waals surface area contributed by atoms with E-state index in [9.17, 15) is 0 Å². The van der Waals surface area contributed by atoms with Gasteiger partial charge in [0.05, 0.1) is 5.52 Å². The largest absolute Gasteiger partial charge is 0.313 e. The Morgan fingerprint density at radius 3 is 2.83 bits per heavy atom. The molecule has 1 heterocycles. The maximum atomic E-state index is 4.62. The van der Waals surface area contributed by atoms with Gasteiger partial charge in [0.2, 0.25) is 0 Å². The third-order valence-electron chi connectivity index (χ3n) is 3.87. The Labute approximate surface area is 108 Å². The van der Waals surface area contributed by atoms with Crippen LogP contribution in [0.2, 0.25) is 0 Å². The number of benzene rings is 1. The Hall–Kier alpha value is -1.41. The van der Waals surface area contributed by atoms with E-state index in [1.54, 1.807) is 0 Å². The molecule has 2 aromatic rings. The Bertz CT molecular complexity index is 558. The first-order valence-corrected chi connectivity index (χ1v) is 6.81. The van der Waals surface area contributed by atoms with Crippen molar-refractivity contribution in [1.29, 1.82) is 0 Å². The van der Waals surface area contributed by atoms with Gasteiger partial charge in [-0.15, -0.1) is 0 Å². The molecule has 0 spiro atoms. The minimum atomic E-state index is 0.462. The van der Waals surface area contributed by atoms with Crippen LogP contribution in [0.1, 0.15) is 36.6 Å². The lowest BCUT2D eigenvalue weighted by Gasteiger charge is -2.19. The molecule has 0 saturated heterocycles. The third kappa shape index (κ3) is 2.25. The fraction of sp³-hybridized carbons (Fsp3) is 0.438. The van der Waals surface area contributed by atoms with Crippen molar-refractivity contribution in [2.75, 3.05) is 7.05 Å². The quantitative estimate of drug-likeness (QED) is 0.883. The molecular formula is C16H20N2. The monoisotopic (exact) mass is 240 g/mol. The molecule has 0 radical (unpaired) electrons. The SMILES string of the molecule is CNC(CC1CC1)c1cc(C)nc2ccccc12. The fourth-order valence-electron chi connectivity index (χ4n) is 2.72. The number of fused-ring (bicyclic) bond motifs is 1. The Morgan fingerprint density at radius 1 is 1.33 bits per heavy atom. The van der Waals surface area contributed by atoms with Crippen LogP contribution in [0, 0.1) is 12.8 Å². The molecule has 1 fully saturated rings. The van der Waals surface area contributed by atoms with E-state index in [-0.39, 0.29) is 0 Å². The van der Waals surface area contributed by atoms with E-state index in [2.05, 4.69) is 54.6 Å². The van der Waals surface area contributed by atoms with E-state index in [1.165, 1.54) is 30.2 Å².